The van der Waals surface area contributed by atoms with Crippen LogP contribution in [0.4, 0.5) is 0 Å². The minimum absolute atomic E-state index is 0.0178. The minimum Gasteiger partial charge on any atom is -0.396 e. The molecule has 0 saturated carbocycles. The Morgan fingerprint density at radius 1 is 1.55 bits per heavy atom. The molecule has 1 aromatic rings. The Balaban J connectivity index is 2.06. The molecule has 4 heteroatoms. The monoisotopic (exact) mass is 295 g/mol. The van der Waals surface area contributed by atoms with E-state index in [1.165, 1.54) is 16.9 Å². The van der Waals surface area contributed by atoms with Crippen molar-refractivity contribution in [2.75, 3.05) is 6.61 Å². The highest BCUT2D eigenvalue weighted by molar-refractivity contribution is 7.14. The van der Waals surface area contributed by atoms with E-state index in [1.54, 1.807) is 11.3 Å². The fourth-order valence-corrected chi connectivity index (χ4v) is 3.88. The first kappa shape index (κ1) is 15.5. The molecule has 2 rings (SSSR count). The average Bonchev–Trinajstić information content (AvgIpc) is 2.80. The normalized spacial score (nSPS) is 19.8. The van der Waals surface area contributed by atoms with E-state index < -0.39 is 0 Å². The molecular formula is C16H25NO2S. The summed E-state index contributed by atoms with van der Waals surface area (Å²) in [5, 5.41) is 12.1. The van der Waals surface area contributed by atoms with Crippen LogP contribution < -0.4 is 5.32 Å². The second-order valence-corrected chi connectivity index (χ2v) is 7.38. The number of hydrogen-bond donors (Lipinski definition) is 2. The summed E-state index contributed by atoms with van der Waals surface area (Å²) in [5.41, 5.74) is 1.36. The molecule has 0 fully saturated rings. The van der Waals surface area contributed by atoms with Gasteiger partial charge in [-0.3, -0.25) is 4.79 Å². The van der Waals surface area contributed by atoms with Crippen molar-refractivity contribution in [2.24, 2.45) is 11.8 Å². The largest absolute Gasteiger partial charge is 0.396 e. The molecule has 1 heterocycles. The number of aryl methyl sites for hydroxylation is 1. The number of carbonyl (C=O) groups is 1. The van der Waals surface area contributed by atoms with Crippen LogP contribution in [0.5, 0.6) is 0 Å². The standard InChI is InChI=1S/C16H25NO2S/c1-10(2)13(6-7-18)17-16(19)15-9-12-8-11(3)4-5-14(12)20-15/h9-11,13,18H,4-8H2,1-3H3,(H,17,19). The number of aliphatic hydroxyl groups is 1. The van der Waals surface area contributed by atoms with Crippen molar-refractivity contribution in [3.05, 3.63) is 21.4 Å². The molecule has 1 aliphatic carbocycles. The number of thiophene rings is 1. The molecule has 0 aromatic carbocycles. The summed E-state index contributed by atoms with van der Waals surface area (Å²) in [6.45, 7) is 6.53. The topological polar surface area (TPSA) is 49.3 Å². The number of aliphatic hydroxyl groups excluding tert-OH is 1. The summed E-state index contributed by atoms with van der Waals surface area (Å²) in [6, 6.07) is 2.12. The molecule has 1 aromatic heterocycles. The van der Waals surface area contributed by atoms with Crippen LogP contribution in [-0.4, -0.2) is 23.7 Å². The Morgan fingerprint density at radius 2 is 2.30 bits per heavy atom. The zero-order valence-corrected chi connectivity index (χ0v) is 13.4. The van der Waals surface area contributed by atoms with Crippen LogP contribution in [0, 0.1) is 11.8 Å². The van der Waals surface area contributed by atoms with Crippen molar-refractivity contribution in [3.8, 4) is 0 Å². The zero-order chi connectivity index (χ0) is 14.7. The summed E-state index contributed by atoms with van der Waals surface area (Å²) in [4.78, 5) is 14.6. The van der Waals surface area contributed by atoms with Crippen LogP contribution in [-0.2, 0) is 12.8 Å². The molecule has 1 amide bonds. The molecule has 2 atom stereocenters. The lowest BCUT2D eigenvalue weighted by molar-refractivity contribution is 0.0920. The second kappa shape index (κ2) is 6.72. The molecule has 0 radical (unpaired) electrons. The van der Waals surface area contributed by atoms with E-state index in [4.69, 9.17) is 5.11 Å². The third-order valence-corrected chi connectivity index (χ3v) is 5.35. The van der Waals surface area contributed by atoms with Crippen LogP contribution in [0.2, 0.25) is 0 Å². The number of fused-ring (bicyclic) bond motifs is 1. The number of hydrogen-bond acceptors (Lipinski definition) is 3. The molecule has 0 saturated heterocycles. The van der Waals surface area contributed by atoms with Crippen LogP contribution >= 0.6 is 11.3 Å². The van der Waals surface area contributed by atoms with Gasteiger partial charge in [-0.15, -0.1) is 11.3 Å². The van der Waals surface area contributed by atoms with Gasteiger partial charge in [-0.1, -0.05) is 20.8 Å². The van der Waals surface area contributed by atoms with Crippen LogP contribution in [0.3, 0.4) is 0 Å². The van der Waals surface area contributed by atoms with Gasteiger partial charge in [0.2, 0.25) is 0 Å². The van der Waals surface area contributed by atoms with E-state index in [-0.39, 0.29) is 18.6 Å². The molecule has 2 unspecified atom stereocenters. The number of carbonyl (C=O) groups excluding carboxylic acids is 1. The van der Waals surface area contributed by atoms with Crippen molar-refractivity contribution in [2.45, 2.75) is 52.5 Å². The highest BCUT2D eigenvalue weighted by Gasteiger charge is 2.22. The third-order valence-electron chi connectivity index (χ3n) is 4.11. The van der Waals surface area contributed by atoms with E-state index in [0.29, 0.717) is 12.3 Å². The number of nitrogens with one attached hydrogen (secondary N) is 1. The highest BCUT2D eigenvalue weighted by atomic mass is 32.1. The Hall–Kier alpha value is -0.870. The SMILES string of the molecule is CC1CCc2sc(C(=O)NC(CCO)C(C)C)cc2C1. The third kappa shape index (κ3) is 3.61. The Bertz CT molecular complexity index is 467. The maximum Gasteiger partial charge on any atom is 0.261 e. The lowest BCUT2D eigenvalue weighted by Crippen LogP contribution is -2.38. The van der Waals surface area contributed by atoms with Gasteiger partial charge in [0.25, 0.3) is 5.91 Å². The highest BCUT2D eigenvalue weighted by Crippen LogP contribution is 2.32. The van der Waals surface area contributed by atoms with Gasteiger partial charge in [-0.25, -0.2) is 0 Å². The summed E-state index contributed by atoms with van der Waals surface area (Å²) in [7, 11) is 0. The van der Waals surface area contributed by atoms with Crippen LogP contribution in [0.1, 0.15) is 53.7 Å². The Morgan fingerprint density at radius 3 is 2.95 bits per heavy atom. The maximum absolute atomic E-state index is 12.4. The van der Waals surface area contributed by atoms with Crippen molar-refractivity contribution in [1.82, 2.24) is 5.32 Å². The first-order chi connectivity index (χ1) is 9.51. The minimum atomic E-state index is 0.0178. The quantitative estimate of drug-likeness (QED) is 0.877. The van der Waals surface area contributed by atoms with Gasteiger partial charge < -0.3 is 10.4 Å². The number of rotatable bonds is 5. The fourth-order valence-electron chi connectivity index (χ4n) is 2.77. The predicted octanol–water partition coefficient (Wildman–Crippen LogP) is 3.01. The summed E-state index contributed by atoms with van der Waals surface area (Å²) in [6.07, 6.45) is 4.06. The summed E-state index contributed by atoms with van der Waals surface area (Å²) >= 11 is 1.64. The van der Waals surface area contributed by atoms with Crippen molar-refractivity contribution < 1.29 is 9.90 Å². The molecular weight excluding hydrogens is 270 g/mol. The predicted molar refractivity (Wildman–Crippen MR) is 83.3 cm³/mol. The second-order valence-electron chi connectivity index (χ2n) is 6.24. The molecule has 0 aliphatic heterocycles. The van der Waals surface area contributed by atoms with Gasteiger partial charge in [0, 0.05) is 17.5 Å². The van der Waals surface area contributed by atoms with E-state index in [9.17, 15) is 4.79 Å². The lowest BCUT2D eigenvalue weighted by Gasteiger charge is -2.21. The number of amides is 1. The van der Waals surface area contributed by atoms with E-state index >= 15 is 0 Å². The molecule has 20 heavy (non-hydrogen) atoms. The van der Waals surface area contributed by atoms with Crippen molar-refractivity contribution >= 4 is 17.2 Å². The Kier molecular flexibility index (Phi) is 5.22. The van der Waals surface area contributed by atoms with Gasteiger partial charge in [-0.05, 0) is 49.1 Å². The van der Waals surface area contributed by atoms with Crippen LogP contribution in [0.25, 0.3) is 0 Å². The Labute approximate surface area is 125 Å². The van der Waals surface area contributed by atoms with Gasteiger partial charge in [0.15, 0.2) is 0 Å². The van der Waals surface area contributed by atoms with E-state index in [1.807, 2.05) is 0 Å². The smallest absolute Gasteiger partial charge is 0.261 e. The lowest BCUT2D eigenvalue weighted by atomic mass is 9.90. The van der Waals surface area contributed by atoms with Crippen LogP contribution in [0.15, 0.2) is 6.07 Å². The molecule has 1 aliphatic rings. The van der Waals surface area contributed by atoms with E-state index in [0.717, 1.165) is 23.6 Å². The summed E-state index contributed by atoms with van der Waals surface area (Å²) < 4.78 is 0. The van der Waals surface area contributed by atoms with Crippen molar-refractivity contribution in [1.29, 1.82) is 0 Å². The molecule has 2 N–H and O–H groups in total. The van der Waals surface area contributed by atoms with Gasteiger partial charge in [0.05, 0.1) is 4.88 Å². The van der Waals surface area contributed by atoms with E-state index in [2.05, 4.69) is 32.2 Å². The van der Waals surface area contributed by atoms with Gasteiger partial charge in [0.1, 0.15) is 0 Å². The molecule has 0 spiro atoms. The van der Waals surface area contributed by atoms with Crippen molar-refractivity contribution in [3.63, 3.8) is 0 Å². The van der Waals surface area contributed by atoms with Gasteiger partial charge >= 0.3 is 0 Å². The first-order valence-corrected chi connectivity index (χ1v) is 8.36. The summed E-state index contributed by atoms with van der Waals surface area (Å²) in [5.74, 6) is 1.08. The molecule has 112 valence electrons. The molecule has 0 bridgehead atoms. The average molecular weight is 295 g/mol. The fraction of sp³-hybridized carbons (Fsp3) is 0.688. The first-order valence-electron chi connectivity index (χ1n) is 7.54. The van der Waals surface area contributed by atoms with Gasteiger partial charge in [-0.2, -0.15) is 0 Å². The molecule has 3 nitrogen and oxygen atoms in total. The maximum atomic E-state index is 12.4. The zero-order valence-electron chi connectivity index (χ0n) is 12.6.